The lowest BCUT2D eigenvalue weighted by molar-refractivity contribution is -0.116. The van der Waals surface area contributed by atoms with E-state index in [9.17, 15) is 13.2 Å². The van der Waals surface area contributed by atoms with E-state index >= 15 is 0 Å². The van der Waals surface area contributed by atoms with Gasteiger partial charge in [-0.2, -0.15) is 0 Å². The van der Waals surface area contributed by atoms with Crippen LogP contribution in [0.15, 0.2) is 42.5 Å². The lowest BCUT2D eigenvalue weighted by Gasteiger charge is -2.24. The quantitative estimate of drug-likeness (QED) is 0.688. The summed E-state index contributed by atoms with van der Waals surface area (Å²) in [6.45, 7) is 6.43. The molecule has 1 amide bonds. The van der Waals surface area contributed by atoms with E-state index in [0.717, 1.165) is 23.1 Å². The molecule has 0 fully saturated rings. The van der Waals surface area contributed by atoms with Crippen molar-refractivity contribution in [1.29, 1.82) is 0 Å². The number of amides is 1. The van der Waals surface area contributed by atoms with Crippen LogP contribution in [0, 0.1) is 13.8 Å². The van der Waals surface area contributed by atoms with Crippen molar-refractivity contribution in [1.82, 2.24) is 0 Å². The highest BCUT2D eigenvalue weighted by Gasteiger charge is 2.21. The minimum atomic E-state index is -3.51. The van der Waals surface area contributed by atoms with Crippen molar-refractivity contribution in [3.63, 3.8) is 0 Å². The minimum Gasteiger partial charge on any atom is -0.492 e. The smallest absolute Gasteiger partial charge is 0.232 e. The molecule has 0 saturated heterocycles. The number of para-hydroxylation sites is 2. The van der Waals surface area contributed by atoms with Crippen LogP contribution in [-0.2, 0) is 14.8 Å². The van der Waals surface area contributed by atoms with Gasteiger partial charge in [0.2, 0.25) is 15.9 Å². The van der Waals surface area contributed by atoms with Crippen LogP contribution < -0.4 is 14.4 Å². The summed E-state index contributed by atoms with van der Waals surface area (Å²) >= 11 is 0. The highest BCUT2D eigenvalue weighted by Crippen LogP contribution is 2.30. The number of hydrogen-bond donors (Lipinski definition) is 1. The third-order valence-corrected chi connectivity index (χ3v) is 5.66. The van der Waals surface area contributed by atoms with E-state index in [4.69, 9.17) is 4.74 Å². The Balaban J connectivity index is 2.05. The fraction of sp³-hybridized carbons (Fsp3) is 0.381. The van der Waals surface area contributed by atoms with E-state index < -0.39 is 10.0 Å². The van der Waals surface area contributed by atoms with Gasteiger partial charge in [0.05, 0.1) is 18.6 Å². The third kappa shape index (κ3) is 5.73. The molecule has 0 aromatic heterocycles. The largest absolute Gasteiger partial charge is 0.492 e. The summed E-state index contributed by atoms with van der Waals surface area (Å²) in [4.78, 5) is 12.3. The zero-order chi connectivity index (χ0) is 20.7. The molecule has 2 rings (SSSR count). The maximum absolute atomic E-state index is 12.3. The van der Waals surface area contributed by atoms with Crippen LogP contribution in [0.3, 0.4) is 0 Å². The molecule has 0 saturated carbocycles. The first-order valence-corrected chi connectivity index (χ1v) is 11.1. The lowest BCUT2D eigenvalue weighted by Crippen LogP contribution is -2.32. The number of sulfonamides is 1. The fourth-order valence-electron chi connectivity index (χ4n) is 2.89. The molecule has 2 aromatic rings. The molecule has 0 radical (unpaired) electrons. The Labute approximate surface area is 167 Å². The Morgan fingerprint density at radius 2 is 1.82 bits per heavy atom. The number of hydrogen-bond acceptors (Lipinski definition) is 4. The molecule has 0 aliphatic carbocycles. The average molecular weight is 405 g/mol. The molecule has 2 aromatic carbocycles. The number of rotatable bonds is 9. The molecule has 0 unspecified atom stereocenters. The second-order valence-corrected chi connectivity index (χ2v) is 8.54. The summed E-state index contributed by atoms with van der Waals surface area (Å²) < 4.78 is 31.5. The highest BCUT2D eigenvalue weighted by molar-refractivity contribution is 7.92. The summed E-state index contributed by atoms with van der Waals surface area (Å²) in [6, 6.07) is 12.8. The number of carbonyl (C=O) groups excluding carboxylic acids is 1. The van der Waals surface area contributed by atoms with Crippen LogP contribution in [-0.4, -0.2) is 33.7 Å². The first-order valence-electron chi connectivity index (χ1n) is 9.29. The number of nitrogens with one attached hydrogen (secondary N) is 1. The number of aryl methyl sites for hydroxylation is 1. The van der Waals surface area contributed by atoms with E-state index in [-0.39, 0.29) is 18.9 Å². The van der Waals surface area contributed by atoms with Gasteiger partial charge in [-0.25, -0.2) is 8.42 Å². The number of benzene rings is 2. The molecule has 0 spiro atoms. The first kappa shape index (κ1) is 21.8. The summed E-state index contributed by atoms with van der Waals surface area (Å²) in [5.41, 5.74) is 3.40. The van der Waals surface area contributed by atoms with Crippen molar-refractivity contribution in [2.24, 2.45) is 0 Å². The molecule has 28 heavy (non-hydrogen) atoms. The number of anilines is 2. The lowest BCUT2D eigenvalue weighted by atomic mass is 10.1. The zero-order valence-corrected chi connectivity index (χ0v) is 17.7. The van der Waals surface area contributed by atoms with Crippen molar-refractivity contribution in [3.05, 3.63) is 53.6 Å². The van der Waals surface area contributed by atoms with Gasteiger partial charge in [-0.3, -0.25) is 9.10 Å². The second kappa shape index (κ2) is 9.59. The van der Waals surface area contributed by atoms with Crippen molar-refractivity contribution in [2.75, 3.05) is 29.0 Å². The molecule has 0 bridgehead atoms. The standard InChI is InChI=1S/C21H28N2O4S/c1-5-27-20-13-7-6-12-19(20)23(28(4,25)26)15-9-14-21(24)22-18-11-8-10-16(2)17(18)3/h6-8,10-13H,5,9,14-15H2,1-4H3,(H,22,24). The number of carbonyl (C=O) groups is 1. The molecular formula is C21H28N2O4S. The zero-order valence-electron chi connectivity index (χ0n) is 16.9. The van der Waals surface area contributed by atoms with Crippen LogP contribution in [0.1, 0.15) is 30.9 Å². The van der Waals surface area contributed by atoms with Crippen LogP contribution in [0.4, 0.5) is 11.4 Å². The van der Waals surface area contributed by atoms with Crippen molar-refractivity contribution in [2.45, 2.75) is 33.6 Å². The molecule has 152 valence electrons. The SMILES string of the molecule is CCOc1ccccc1N(CCCC(=O)Nc1cccc(C)c1C)S(C)(=O)=O. The molecule has 6 nitrogen and oxygen atoms in total. The summed E-state index contributed by atoms with van der Waals surface area (Å²) in [5, 5.41) is 2.90. The summed E-state index contributed by atoms with van der Waals surface area (Å²) in [7, 11) is -3.51. The van der Waals surface area contributed by atoms with Gasteiger partial charge in [-0.15, -0.1) is 0 Å². The monoisotopic (exact) mass is 404 g/mol. The Kier molecular flexibility index (Phi) is 7.45. The van der Waals surface area contributed by atoms with E-state index in [0.29, 0.717) is 24.5 Å². The molecule has 0 atom stereocenters. The van der Waals surface area contributed by atoms with Crippen LogP contribution in [0.25, 0.3) is 0 Å². The van der Waals surface area contributed by atoms with Gasteiger partial charge in [0.1, 0.15) is 5.75 Å². The van der Waals surface area contributed by atoms with Crippen LogP contribution >= 0.6 is 0 Å². The average Bonchev–Trinajstić information content (AvgIpc) is 2.63. The van der Waals surface area contributed by atoms with E-state index in [1.807, 2.05) is 39.0 Å². The predicted molar refractivity (Wildman–Crippen MR) is 114 cm³/mol. The van der Waals surface area contributed by atoms with Gasteiger partial charge in [0, 0.05) is 18.7 Å². The topological polar surface area (TPSA) is 75.7 Å². The van der Waals surface area contributed by atoms with Gasteiger partial charge in [-0.1, -0.05) is 24.3 Å². The van der Waals surface area contributed by atoms with Gasteiger partial charge < -0.3 is 10.1 Å². The maximum Gasteiger partial charge on any atom is 0.232 e. The maximum atomic E-state index is 12.3. The Morgan fingerprint density at radius 3 is 2.50 bits per heavy atom. The minimum absolute atomic E-state index is 0.139. The normalized spacial score (nSPS) is 11.1. The summed E-state index contributed by atoms with van der Waals surface area (Å²) in [5.74, 6) is 0.371. The third-order valence-electron chi connectivity index (χ3n) is 4.48. The molecule has 1 N–H and O–H groups in total. The van der Waals surface area contributed by atoms with Crippen molar-refractivity contribution >= 4 is 27.3 Å². The molecule has 0 aliphatic rings. The first-order chi connectivity index (χ1) is 13.2. The van der Waals surface area contributed by atoms with Crippen LogP contribution in [0.2, 0.25) is 0 Å². The fourth-order valence-corrected chi connectivity index (χ4v) is 3.86. The predicted octanol–water partition coefficient (Wildman–Crippen LogP) is 3.89. The number of nitrogens with zero attached hydrogens (tertiary/aromatic N) is 1. The van der Waals surface area contributed by atoms with Gasteiger partial charge in [-0.05, 0) is 56.5 Å². The van der Waals surface area contributed by atoms with E-state index in [1.165, 1.54) is 4.31 Å². The van der Waals surface area contributed by atoms with Gasteiger partial charge in [0.15, 0.2) is 0 Å². The Bertz CT molecular complexity index is 926. The molecule has 0 aliphatic heterocycles. The second-order valence-electron chi connectivity index (χ2n) is 6.64. The van der Waals surface area contributed by atoms with Crippen molar-refractivity contribution in [3.8, 4) is 5.75 Å². The summed E-state index contributed by atoms with van der Waals surface area (Å²) in [6.07, 6.45) is 1.77. The molecule has 0 heterocycles. The highest BCUT2D eigenvalue weighted by atomic mass is 32.2. The van der Waals surface area contributed by atoms with Gasteiger partial charge in [0.25, 0.3) is 0 Å². The molecule has 7 heteroatoms. The van der Waals surface area contributed by atoms with Gasteiger partial charge >= 0.3 is 0 Å². The van der Waals surface area contributed by atoms with E-state index in [1.54, 1.807) is 24.3 Å². The van der Waals surface area contributed by atoms with Crippen LogP contribution in [0.5, 0.6) is 5.75 Å². The Morgan fingerprint density at radius 1 is 1.11 bits per heavy atom. The van der Waals surface area contributed by atoms with Crippen molar-refractivity contribution < 1.29 is 17.9 Å². The molecular weight excluding hydrogens is 376 g/mol. The Hall–Kier alpha value is -2.54. The van der Waals surface area contributed by atoms with E-state index in [2.05, 4.69) is 5.32 Å². The number of ether oxygens (including phenoxy) is 1.